The zero-order chi connectivity index (χ0) is 87.2. The molecule has 4 heteroatoms. The molecule has 10 aromatic rings. The van der Waals surface area contributed by atoms with E-state index in [-0.39, 0.29) is 24.0 Å². The van der Waals surface area contributed by atoms with Crippen molar-refractivity contribution < 1.29 is 17.9 Å². The Morgan fingerprint density at radius 3 is 0.828 bits per heavy atom. The molecule has 0 aliphatic rings. The second-order valence-electron chi connectivity index (χ2n) is 42.9. The molecule has 0 unspecified atom stereocenters. The van der Waals surface area contributed by atoms with Gasteiger partial charge in [0.2, 0.25) is 0 Å². The van der Waals surface area contributed by atoms with Crippen LogP contribution in [-0.4, -0.2) is 6.36 Å². The van der Waals surface area contributed by atoms with E-state index in [0.717, 1.165) is 50.5 Å². The van der Waals surface area contributed by atoms with Crippen LogP contribution in [0.4, 0.5) is 13.2 Å². The summed E-state index contributed by atoms with van der Waals surface area (Å²) in [6, 6.07) is 84.8. The Morgan fingerprint density at radius 1 is 0.224 bits per heavy atom. The lowest BCUT2D eigenvalue weighted by Gasteiger charge is -2.21. The highest BCUT2D eigenvalue weighted by atomic mass is 19.4. The second kappa shape index (κ2) is 46.2. The summed E-state index contributed by atoms with van der Waals surface area (Å²) in [5.74, 6) is -0.176. The van der Waals surface area contributed by atoms with E-state index in [4.69, 9.17) is 0 Å². The molecule has 0 spiro atoms. The summed E-state index contributed by atoms with van der Waals surface area (Å²) in [7, 11) is 0. The van der Waals surface area contributed by atoms with Crippen LogP contribution in [0.25, 0.3) is 22.3 Å². The van der Waals surface area contributed by atoms with Gasteiger partial charge in [0.15, 0.2) is 0 Å². The maximum absolute atomic E-state index is 11.9. The summed E-state index contributed by atoms with van der Waals surface area (Å²) in [5.41, 5.74) is 29.1. The van der Waals surface area contributed by atoms with Crippen molar-refractivity contribution >= 4 is 0 Å². The van der Waals surface area contributed by atoms with Gasteiger partial charge in [-0.05, 0) is 254 Å². The van der Waals surface area contributed by atoms with E-state index in [0.29, 0.717) is 37.9 Å². The zero-order valence-corrected chi connectivity index (χ0v) is 78.3. The van der Waals surface area contributed by atoms with Crippen LogP contribution in [0.5, 0.6) is 5.75 Å². The Bertz CT molecular complexity index is 4260. The fraction of sp³-hybridized carbons (Fsp3) is 0.464. The number of hydrogen-bond acceptors (Lipinski definition) is 1. The molecular weight excluding hydrogens is 1420 g/mol. The zero-order valence-electron chi connectivity index (χ0n) is 78.3. The molecule has 0 aliphatic carbocycles. The Labute approximate surface area is 710 Å². The fourth-order valence-electron chi connectivity index (χ4n) is 13.1. The number of hydrogen-bond donors (Lipinski definition) is 0. The van der Waals surface area contributed by atoms with Crippen molar-refractivity contribution in [1.29, 1.82) is 0 Å². The van der Waals surface area contributed by atoms with E-state index in [9.17, 15) is 13.2 Å². The normalized spacial score (nSPS) is 11.8. The fourth-order valence-corrected chi connectivity index (χ4v) is 13.1. The van der Waals surface area contributed by atoms with Crippen molar-refractivity contribution in [2.75, 3.05) is 0 Å². The first-order chi connectivity index (χ1) is 52.7. The second-order valence-corrected chi connectivity index (χ2v) is 42.9. The molecule has 116 heavy (non-hydrogen) atoms. The lowest BCUT2D eigenvalue weighted by atomic mass is 9.84. The van der Waals surface area contributed by atoms with Crippen molar-refractivity contribution in [3.05, 3.63) is 326 Å². The quantitative estimate of drug-likeness (QED) is 0.125. The van der Waals surface area contributed by atoms with Gasteiger partial charge in [0.05, 0.1) is 0 Å². The molecule has 10 aromatic carbocycles. The monoisotopic (exact) mass is 1580 g/mol. The highest BCUT2D eigenvalue weighted by Gasteiger charge is 2.31. The maximum atomic E-state index is 11.9. The SMILES string of the molecule is C.CC(C)(C)Cc1ccc(-c2ccccc2)cc1.CC(C)(C)Cc1ccc(C(C)(C)C)cc1.CC(C)(C)Cc1ccc(OC(F)(F)F)cc1.CC(C)(C)Cc1cccc(-c2ccccc2)c1.CC(C)(C)Cc1ccccc1.Cc1ccc(C)c(CC(C)(C)C)c1.Cc1ccc(CC(C)(C)C)cc1C.Cc1ccc(CC(C)(C)C)cc1C. The number of aryl methyl sites for hydroxylation is 6. The highest BCUT2D eigenvalue weighted by Crippen LogP contribution is 2.32. The molecule has 0 amide bonds. The molecule has 1 nitrogen and oxygen atoms in total. The van der Waals surface area contributed by atoms with Crippen LogP contribution < -0.4 is 4.74 Å². The van der Waals surface area contributed by atoms with Crippen molar-refractivity contribution in [1.82, 2.24) is 0 Å². The predicted octanol–water partition coefficient (Wildman–Crippen LogP) is 34.2. The summed E-state index contributed by atoms with van der Waals surface area (Å²) in [5, 5.41) is 0. The molecular formula is C112H159F3O. The first-order valence-corrected chi connectivity index (χ1v) is 42.1. The topological polar surface area (TPSA) is 9.23 Å². The Hall–Kier alpha value is -8.21. The van der Waals surface area contributed by atoms with Gasteiger partial charge in [0.25, 0.3) is 0 Å². The summed E-state index contributed by atoms with van der Waals surface area (Å²) in [6.45, 7) is 73.9. The van der Waals surface area contributed by atoms with Gasteiger partial charge < -0.3 is 4.74 Å². The summed E-state index contributed by atoms with van der Waals surface area (Å²) in [6.07, 6.45) is 4.24. The minimum absolute atomic E-state index is 0. The molecule has 0 atom stereocenters. The lowest BCUT2D eigenvalue weighted by Crippen LogP contribution is -2.17. The number of ether oxygens (including phenoxy) is 1. The molecule has 0 fully saturated rings. The average Bonchev–Trinajstić information content (AvgIpc) is 0.872. The van der Waals surface area contributed by atoms with E-state index >= 15 is 0 Å². The van der Waals surface area contributed by atoms with Crippen LogP contribution in [0, 0.1) is 84.9 Å². The van der Waals surface area contributed by atoms with Crippen LogP contribution >= 0.6 is 0 Å². The third kappa shape index (κ3) is 49.1. The Kier molecular flexibility index (Phi) is 41.4. The maximum Gasteiger partial charge on any atom is 0.573 e. The molecule has 0 aliphatic heterocycles. The van der Waals surface area contributed by atoms with Crippen molar-refractivity contribution in [2.45, 2.75) is 299 Å². The minimum atomic E-state index is -4.62. The van der Waals surface area contributed by atoms with Crippen molar-refractivity contribution in [3.63, 3.8) is 0 Å². The largest absolute Gasteiger partial charge is 0.573 e. The number of halogens is 3. The van der Waals surface area contributed by atoms with Crippen molar-refractivity contribution in [2.24, 2.45) is 43.3 Å². The molecule has 0 bridgehead atoms. The van der Waals surface area contributed by atoms with Gasteiger partial charge in [0, 0.05) is 0 Å². The van der Waals surface area contributed by atoms with E-state index in [1.807, 2.05) is 0 Å². The standard InChI is InChI=1S/2C17H20.C15H24.3C13H20.C12H15F3O.C11H16.CH4/c1-17(2,3)13-14-8-7-11-16(12-14)15-9-5-4-6-10-15;1-17(2,3)13-14-9-11-16(12-10-14)15-7-5-4-6-8-15;1-14(2,3)11-12-7-9-13(10-8-12)15(4,5)6;2*1-10-6-7-12(8-11(10)2)9-13(3,4)5;1-10-6-7-11(2)12(8-10)9-13(3,4)5;1-11(2,3)8-9-4-6-10(7-5-9)16-12(13,14)15;1-11(2,3)9-10-7-5-4-6-8-10;/h2*4-12H,13H2,1-3H3;7-10H,11H2,1-6H3;3*6-8H,9H2,1-5H3;4-7H,8H2,1-3H3;4-8H,9H2,1-3H3;1H4. The number of rotatable bonds is 11. The van der Waals surface area contributed by atoms with Gasteiger partial charge in [-0.3, -0.25) is 0 Å². The third-order valence-corrected chi connectivity index (χ3v) is 18.4. The first kappa shape index (κ1) is 104. The molecule has 0 radical (unpaired) electrons. The van der Waals surface area contributed by atoms with Crippen LogP contribution in [0.1, 0.15) is 278 Å². The van der Waals surface area contributed by atoms with Crippen molar-refractivity contribution in [3.8, 4) is 28.0 Å². The number of alkyl halides is 3. The van der Waals surface area contributed by atoms with Crippen LogP contribution in [0.2, 0.25) is 0 Å². The lowest BCUT2D eigenvalue weighted by molar-refractivity contribution is -0.274. The Morgan fingerprint density at radius 2 is 0.491 bits per heavy atom. The minimum Gasteiger partial charge on any atom is -0.406 e. The van der Waals surface area contributed by atoms with E-state index in [1.54, 1.807) is 12.1 Å². The molecule has 0 heterocycles. The van der Waals surface area contributed by atoms with Gasteiger partial charge in [-0.15, -0.1) is 13.2 Å². The molecule has 0 aromatic heterocycles. The smallest absolute Gasteiger partial charge is 0.406 e. The van der Waals surface area contributed by atoms with E-state index in [1.165, 1.54) is 119 Å². The van der Waals surface area contributed by atoms with Crippen LogP contribution in [-0.2, 0) is 56.8 Å². The molecule has 0 saturated carbocycles. The predicted molar refractivity (Wildman–Crippen MR) is 508 cm³/mol. The molecule has 0 saturated heterocycles. The van der Waals surface area contributed by atoms with Gasteiger partial charge in [-0.1, -0.05) is 430 Å². The molecule has 10 rings (SSSR count). The van der Waals surface area contributed by atoms with Gasteiger partial charge in [0.1, 0.15) is 5.75 Å². The summed E-state index contributed by atoms with van der Waals surface area (Å²) < 4.78 is 39.5. The molecule has 0 N–H and O–H groups in total. The number of benzene rings is 10. The van der Waals surface area contributed by atoms with Gasteiger partial charge in [-0.2, -0.15) is 0 Å². The molecule has 634 valence electrons. The van der Waals surface area contributed by atoms with Crippen LogP contribution in [0.15, 0.2) is 243 Å². The average molecular weight is 1580 g/mol. The van der Waals surface area contributed by atoms with Crippen LogP contribution in [0.3, 0.4) is 0 Å². The van der Waals surface area contributed by atoms with Gasteiger partial charge >= 0.3 is 6.36 Å². The van der Waals surface area contributed by atoms with E-state index in [2.05, 4.69) is 452 Å². The highest BCUT2D eigenvalue weighted by molar-refractivity contribution is 5.64. The third-order valence-electron chi connectivity index (χ3n) is 18.4. The van der Waals surface area contributed by atoms with E-state index < -0.39 is 6.36 Å². The summed E-state index contributed by atoms with van der Waals surface area (Å²) >= 11 is 0. The Balaban J connectivity index is 0.000000451. The summed E-state index contributed by atoms with van der Waals surface area (Å²) in [4.78, 5) is 0. The van der Waals surface area contributed by atoms with Gasteiger partial charge in [-0.25, -0.2) is 0 Å². The first-order valence-electron chi connectivity index (χ1n) is 42.1.